The van der Waals surface area contributed by atoms with Crippen LogP contribution in [0.25, 0.3) is 0 Å². The van der Waals surface area contributed by atoms with E-state index in [-0.39, 0.29) is 18.5 Å². The Kier molecular flexibility index (Phi) is 4.74. The van der Waals surface area contributed by atoms with Crippen molar-refractivity contribution in [2.75, 3.05) is 23.9 Å². The van der Waals surface area contributed by atoms with Gasteiger partial charge in [0.15, 0.2) is 0 Å². The molecule has 2 aromatic carbocycles. The second-order valence-corrected chi connectivity index (χ2v) is 6.29. The SMILES string of the molecule is COC(=O)c1c(C)cccc1NCC(=O)N1c2ccccc2C[C@@H]1C. The summed E-state index contributed by atoms with van der Waals surface area (Å²) in [6.45, 7) is 4.01. The van der Waals surface area contributed by atoms with Gasteiger partial charge >= 0.3 is 5.97 Å². The predicted molar refractivity (Wildman–Crippen MR) is 98.1 cm³/mol. The zero-order valence-electron chi connectivity index (χ0n) is 14.7. The van der Waals surface area contributed by atoms with Gasteiger partial charge in [-0.05, 0) is 43.5 Å². The maximum absolute atomic E-state index is 12.8. The van der Waals surface area contributed by atoms with Crippen LogP contribution in [-0.2, 0) is 16.0 Å². The Hall–Kier alpha value is -2.82. The lowest BCUT2D eigenvalue weighted by molar-refractivity contribution is -0.117. The molecule has 1 heterocycles. The van der Waals surface area contributed by atoms with E-state index >= 15 is 0 Å². The maximum atomic E-state index is 12.8. The van der Waals surface area contributed by atoms with E-state index in [1.165, 1.54) is 12.7 Å². The normalized spacial score (nSPS) is 15.6. The van der Waals surface area contributed by atoms with E-state index in [9.17, 15) is 9.59 Å². The number of aryl methyl sites for hydroxylation is 1. The third kappa shape index (κ3) is 3.22. The van der Waals surface area contributed by atoms with Crippen molar-refractivity contribution in [2.45, 2.75) is 26.3 Å². The molecule has 25 heavy (non-hydrogen) atoms. The van der Waals surface area contributed by atoms with Gasteiger partial charge in [-0.15, -0.1) is 0 Å². The molecular weight excluding hydrogens is 316 g/mol. The van der Waals surface area contributed by atoms with Crippen molar-refractivity contribution in [3.8, 4) is 0 Å². The monoisotopic (exact) mass is 338 g/mol. The van der Waals surface area contributed by atoms with Crippen LogP contribution in [-0.4, -0.2) is 31.6 Å². The third-order valence-corrected chi connectivity index (χ3v) is 4.57. The van der Waals surface area contributed by atoms with Gasteiger partial charge in [0.1, 0.15) is 0 Å². The molecule has 1 aliphatic rings. The first-order valence-electron chi connectivity index (χ1n) is 8.34. The summed E-state index contributed by atoms with van der Waals surface area (Å²) in [6.07, 6.45) is 0.861. The van der Waals surface area contributed by atoms with Gasteiger partial charge in [-0.1, -0.05) is 30.3 Å². The molecule has 1 aliphatic heterocycles. The second kappa shape index (κ2) is 6.97. The van der Waals surface area contributed by atoms with Crippen molar-refractivity contribution in [3.63, 3.8) is 0 Å². The number of hydrogen-bond acceptors (Lipinski definition) is 4. The Morgan fingerprint density at radius 1 is 1.20 bits per heavy atom. The van der Waals surface area contributed by atoms with Crippen LogP contribution in [0.1, 0.15) is 28.4 Å². The highest BCUT2D eigenvalue weighted by Crippen LogP contribution is 2.32. The van der Waals surface area contributed by atoms with Gasteiger partial charge in [-0.3, -0.25) is 4.79 Å². The van der Waals surface area contributed by atoms with Crippen LogP contribution >= 0.6 is 0 Å². The van der Waals surface area contributed by atoms with Crippen LogP contribution in [0, 0.1) is 6.92 Å². The standard InChI is InChI=1S/C20H22N2O3/c1-13-7-6-9-16(19(13)20(24)25-3)21-12-18(23)22-14(2)11-15-8-4-5-10-17(15)22/h4-10,14,21H,11-12H2,1-3H3/t14-/m0/s1. The van der Waals surface area contributed by atoms with Gasteiger partial charge in [0.05, 0.1) is 19.2 Å². The summed E-state index contributed by atoms with van der Waals surface area (Å²) in [4.78, 5) is 26.6. The number of methoxy groups -OCH3 is 1. The number of carbonyl (C=O) groups is 2. The summed E-state index contributed by atoms with van der Waals surface area (Å²) in [5.41, 5.74) is 4.05. The van der Waals surface area contributed by atoms with E-state index in [1.54, 1.807) is 6.07 Å². The fraction of sp³-hybridized carbons (Fsp3) is 0.300. The van der Waals surface area contributed by atoms with E-state index in [2.05, 4.69) is 11.4 Å². The Balaban J connectivity index is 1.78. The molecule has 1 atom stereocenters. The van der Waals surface area contributed by atoms with E-state index in [0.29, 0.717) is 11.3 Å². The minimum Gasteiger partial charge on any atom is -0.465 e. The number of hydrogen-bond donors (Lipinski definition) is 1. The molecule has 0 radical (unpaired) electrons. The van der Waals surface area contributed by atoms with Crippen LogP contribution in [0.4, 0.5) is 11.4 Å². The quantitative estimate of drug-likeness (QED) is 0.870. The molecule has 1 amide bonds. The zero-order valence-corrected chi connectivity index (χ0v) is 14.7. The highest BCUT2D eigenvalue weighted by molar-refractivity contribution is 6.01. The molecule has 0 unspecified atom stereocenters. The summed E-state index contributed by atoms with van der Waals surface area (Å²) in [6, 6.07) is 13.6. The molecule has 0 saturated carbocycles. The first-order chi connectivity index (χ1) is 12.0. The minimum atomic E-state index is -0.409. The lowest BCUT2D eigenvalue weighted by Crippen LogP contribution is -2.39. The number of fused-ring (bicyclic) bond motifs is 1. The lowest BCUT2D eigenvalue weighted by atomic mass is 10.1. The molecule has 1 N–H and O–H groups in total. The first-order valence-corrected chi connectivity index (χ1v) is 8.34. The summed E-state index contributed by atoms with van der Waals surface area (Å²) in [5, 5.41) is 3.11. The van der Waals surface area contributed by atoms with E-state index < -0.39 is 5.97 Å². The summed E-state index contributed by atoms with van der Waals surface area (Å²) in [7, 11) is 1.35. The Morgan fingerprint density at radius 3 is 2.72 bits per heavy atom. The first kappa shape index (κ1) is 17.0. The molecule has 130 valence electrons. The van der Waals surface area contributed by atoms with Gasteiger partial charge in [-0.25, -0.2) is 4.79 Å². The Bertz CT molecular complexity index is 816. The number of para-hydroxylation sites is 1. The average Bonchev–Trinajstić information content (AvgIpc) is 2.94. The topological polar surface area (TPSA) is 58.6 Å². The van der Waals surface area contributed by atoms with Gasteiger partial charge in [-0.2, -0.15) is 0 Å². The highest BCUT2D eigenvalue weighted by Gasteiger charge is 2.30. The number of rotatable bonds is 4. The molecule has 0 fully saturated rings. The fourth-order valence-corrected chi connectivity index (χ4v) is 3.39. The predicted octanol–water partition coefficient (Wildman–Crippen LogP) is 3.17. The maximum Gasteiger partial charge on any atom is 0.340 e. The largest absolute Gasteiger partial charge is 0.465 e. The van der Waals surface area contributed by atoms with Crippen molar-refractivity contribution in [1.82, 2.24) is 0 Å². The molecule has 5 nitrogen and oxygen atoms in total. The average molecular weight is 338 g/mol. The second-order valence-electron chi connectivity index (χ2n) is 6.29. The molecule has 2 aromatic rings. The number of ether oxygens (including phenoxy) is 1. The molecule has 0 bridgehead atoms. The zero-order chi connectivity index (χ0) is 18.0. The number of anilines is 2. The van der Waals surface area contributed by atoms with Crippen LogP contribution in [0.3, 0.4) is 0 Å². The van der Waals surface area contributed by atoms with Crippen molar-refractivity contribution in [2.24, 2.45) is 0 Å². The number of nitrogens with zero attached hydrogens (tertiary/aromatic N) is 1. The summed E-state index contributed by atoms with van der Waals surface area (Å²) >= 11 is 0. The number of benzene rings is 2. The smallest absolute Gasteiger partial charge is 0.340 e. The minimum absolute atomic E-state index is 0.0187. The molecule has 0 aliphatic carbocycles. The van der Waals surface area contributed by atoms with Crippen LogP contribution in [0.5, 0.6) is 0 Å². The van der Waals surface area contributed by atoms with Crippen molar-refractivity contribution in [1.29, 1.82) is 0 Å². The molecule has 0 saturated heterocycles. The fourth-order valence-electron chi connectivity index (χ4n) is 3.39. The number of amides is 1. The lowest BCUT2D eigenvalue weighted by Gasteiger charge is -2.23. The molecule has 5 heteroatoms. The molecule has 3 rings (SSSR count). The highest BCUT2D eigenvalue weighted by atomic mass is 16.5. The van der Waals surface area contributed by atoms with Crippen LogP contribution in [0.15, 0.2) is 42.5 Å². The third-order valence-electron chi connectivity index (χ3n) is 4.57. The van der Waals surface area contributed by atoms with Crippen molar-refractivity contribution in [3.05, 3.63) is 59.2 Å². The van der Waals surface area contributed by atoms with E-state index in [4.69, 9.17) is 4.74 Å². The number of nitrogens with one attached hydrogen (secondary N) is 1. The summed E-state index contributed by atoms with van der Waals surface area (Å²) < 4.78 is 4.85. The molecule has 0 spiro atoms. The summed E-state index contributed by atoms with van der Waals surface area (Å²) in [5.74, 6) is -0.428. The van der Waals surface area contributed by atoms with Crippen molar-refractivity contribution < 1.29 is 14.3 Å². The Labute approximate surface area is 147 Å². The van der Waals surface area contributed by atoms with Gasteiger partial charge in [0.25, 0.3) is 0 Å². The van der Waals surface area contributed by atoms with Gasteiger partial charge in [0.2, 0.25) is 5.91 Å². The molecular formula is C20H22N2O3. The van der Waals surface area contributed by atoms with Crippen molar-refractivity contribution >= 4 is 23.3 Å². The van der Waals surface area contributed by atoms with Gasteiger partial charge < -0.3 is 15.0 Å². The Morgan fingerprint density at radius 2 is 1.96 bits per heavy atom. The van der Waals surface area contributed by atoms with Crippen LogP contribution < -0.4 is 10.2 Å². The van der Waals surface area contributed by atoms with Gasteiger partial charge in [0, 0.05) is 17.4 Å². The van der Waals surface area contributed by atoms with E-state index in [0.717, 1.165) is 17.7 Å². The number of esters is 1. The van der Waals surface area contributed by atoms with E-state index in [1.807, 2.05) is 49.1 Å². The van der Waals surface area contributed by atoms with Crippen LogP contribution in [0.2, 0.25) is 0 Å². The molecule has 0 aromatic heterocycles. The number of carbonyl (C=O) groups excluding carboxylic acids is 2.